The van der Waals surface area contributed by atoms with Gasteiger partial charge in [0.25, 0.3) is 0 Å². The van der Waals surface area contributed by atoms with Crippen LogP contribution < -0.4 is 9.62 Å². The molecule has 7 nitrogen and oxygen atoms in total. The van der Waals surface area contributed by atoms with Crippen molar-refractivity contribution in [3.05, 3.63) is 65.7 Å². The Morgan fingerprint density at radius 2 is 1.60 bits per heavy atom. The number of rotatable bonds is 13. The minimum Gasteiger partial charge on any atom is -0.354 e. The van der Waals surface area contributed by atoms with Gasteiger partial charge in [-0.15, -0.1) is 0 Å². The monoisotopic (exact) mass is 501 g/mol. The first-order valence-corrected chi connectivity index (χ1v) is 14.1. The number of hydrogen-bond donors (Lipinski definition) is 1. The average molecular weight is 502 g/mol. The lowest BCUT2D eigenvalue weighted by Gasteiger charge is -2.32. The second kappa shape index (κ2) is 13.3. The molecule has 0 saturated carbocycles. The van der Waals surface area contributed by atoms with E-state index in [1.165, 1.54) is 4.90 Å². The molecule has 0 unspecified atom stereocenters. The third-order valence-electron chi connectivity index (χ3n) is 5.99. The van der Waals surface area contributed by atoms with Crippen LogP contribution in [0.15, 0.2) is 54.6 Å². The molecule has 0 aliphatic carbocycles. The maximum absolute atomic E-state index is 13.6. The number of unbranched alkanes of at least 4 members (excludes halogenated alkanes) is 1. The molecule has 192 valence electrons. The zero-order chi connectivity index (χ0) is 26.0. The highest BCUT2D eigenvalue weighted by atomic mass is 32.2. The summed E-state index contributed by atoms with van der Waals surface area (Å²) in [6.07, 6.45) is 3.46. The van der Waals surface area contributed by atoms with Crippen molar-refractivity contribution in [1.82, 2.24) is 10.2 Å². The highest BCUT2D eigenvalue weighted by molar-refractivity contribution is 7.92. The zero-order valence-electron chi connectivity index (χ0n) is 21.5. The van der Waals surface area contributed by atoms with Gasteiger partial charge in [-0.3, -0.25) is 13.9 Å². The number of benzene rings is 2. The van der Waals surface area contributed by atoms with Crippen molar-refractivity contribution in [2.75, 3.05) is 30.2 Å². The molecule has 0 radical (unpaired) electrons. The lowest BCUT2D eigenvalue weighted by molar-refractivity contribution is -0.138. The van der Waals surface area contributed by atoms with E-state index in [0.29, 0.717) is 25.2 Å². The molecule has 0 aliphatic heterocycles. The predicted molar refractivity (Wildman–Crippen MR) is 142 cm³/mol. The Balaban J connectivity index is 2.34. The number of carbonyl (C=O) groups excluding carboxylic acids is 2. The van der Waals surface area contributed by atoms with E-state index in [2.05, 4.69) is 5.32 Å². The predicted octanol–water partition coefficient (Wildman–Crippen LogP) is 3.95. The lowest BCUT2D eigenvalue weighted by atomic mass is 10.0. The van der Waals surface area contributed by atoms with Crippen LogP contribution in [0.2, 0.25) is 0 Å². The van der Waals surface area contributed by atoms with Crippen LogP contribution in [-0.2, 0) is 26.0 Å². The van der Waals surface area contributed by atoms with Crippen molar-refractivity contribution in [1.29, 1.82) is 0 Å². The molecule has 2 rings (SSSR count). The van der Waals surface area contributed by atoms with Crippen LogP contribution in [0.3, 0.4) is 0 Å². The number of nitrogens with zero attached hydrogens (tertiary/aromatic N) is 2. The van der Waals surface area contributed by atoms with Crippen molar-refractivity contribution in [3.8, 4) is 0 Å². The second-order valence-electron chi connectivity index (χ2n) is 9.13. The van der Waals surface area contributed by atoms with E-state index in [4.69, 9.17) is 0 Å². The molecule has 1 N–H and O–H groups in total. The summed E-state index contributed by atoms with van der Waals surface area (Å²) in [4.78, 5) is 27.9. The van der Waals surface area contributed by atoms with Crippen LogP contribution in [-0.4, -0.2) is 57.1 Å². The molecular weight excluding hydrogens is 462 g/mol. The molecule has 0 saturated heterocycles. The number of carbonyl (C=O) groups is 2. The van der Waals surface area contributed by atoms with Gasteiger partial charge in [-0.05, 0) is 42.9 Å². The maximum atomic E-state index is 13.6. The molecule has 0 aliphatic rings. The lowest BCUT2D eigenvalue weighted by Crippen LogP contribution is -2.52. The average Bonchev–Trinajstić information content (AvgIpc) is 2.82. The second-order valence-corrected chi connectivity index (χ2v) is 11.0. The summed E-state index contributed by atoms with van der Waals surface area (Å²) in [7, 11) is -3.75. The van der Waals surface area contributed by atoms with Crippen molar-refractivity contribution in [2.45, 2.75) is 58.9 Å². The molecule has 2 aromatic carbocycles. The number of nitrogens with one attached hydrogen (secondary N) is 1. The highest BCUT2D eigenvalue weighted by Gasteiger charge is 2.30. The molecule has 0 spiro atoms. The van der Waals surface area contributed by atoms with Gasteiger partial charge in [0, 0.05) is 13.1 Å². The van der Waals surface area contributed by atoms with Gasteiger partial charge >= 0.3 is 0 Å². The summed E-state index contributed by atoms with van der Waals surface area (Å²) in [5, 5.41) is 2.89. The van der Waals surface area contributed by atoms with Crippen LogP contribution in [0, 0.1) is 0 Å². The fourth-order valence-corrected chi connectivity index (χ4v) is 4.77. The van der Waals surface area contributed by atoms with E-state index in [-0.39, 0.29) is 18.4 Å². The third-order valence-corrected chi connectivity index (χ3v) is 7.11. The summed E-state index contributed by atoms with van der Waals surface area (Å²) in [5.74, 6) is -0.584. The Morgan fingerprint density at radius 3 is 2.20 bits per heavy atom. The Hall–Kier alpha value is -2.87. The first-order chi connectivity index (χ1) is 16.6. The zero-order valence-corrected chi connectivity index (χ0v) is 22.3. The topological polar surface area (TPSA) is 86.8 Å². The fourth-order valence-electron chi connectivity index (χ4n) is 3.90. The Bertz CT molecular complexity index is 1070. The fraction of sp³-hybridized carbons (Fsp3) is 0.481. The van der Waals surface area contributed by atoms with Gasteiger partial charge in [0.15, 0.2) is 0 Å². The minimum absolute atomic E-state index is 0.0722. The Labute approximate surface area is 210 Å². The van der Waals surface area contributed by atoms with Crippen molar-refractivity contribution < 1.29 is 18.0 Å². The molecule has 1 atom stereocenters. The molecule has 2 amide bonds. The van der Waals surface area contributed by atoms with Gasteiger partial charge in [0.1, 0.15) is 12.6 Å². The van der Waals surface area contributed by atoms with Gasteiger partial charge in [-0.2, -0.15) is 0 Å². The van der Waals surface area contributed by atoms with Crippen LogP contribution in [0.5, 0.6) is 0 Å². The van der Waals surface area contributed by atoms with Gasteiger partial charge in [-0.25, -0.2) is 8.42 Å². The first kappa shape index (κ1) is 28.4. The summed E-state index contributed by atoms with van der Waals surface area (Å²) in [5.41, 5.74) is 2.36. The SMILES string of the molecule is CCCCNC(=O)[C@H](C)N(CCc1ccccc1)C(=O)CN(c1ccccc1C(C)C)S(C)(=O)=O. The van der Waals surface area contributed by atoms with Crippen LogP contribution >= 0.6 is 0 Å². The molecule has 8 heteroatoms. The summed E-state index contributed by atoms with van der Waals surface area (Å²) in [6.45, 7) is 8.17. The Morgan fingerprint density at radius 1 is 0.971 bits per heavy atom. The van der Waals surface area contributed by atoms with Gasteiger partial charge in [-0.1, -0.05) is 75.7 Å². The third kappa shape index (κ3) is 8.38. The van der Waals surface area contributed by atoms with E-state index < -0.39 is 22.0 Å². The largest absolute Gasteiger partial charge is 0.354 e. The van der Waals surface area contributed by atoms with Crippen molar-refractivity contribution in [2.24, 2.45) is 0 Å². The number of para-hydroxylation sites is 1. The van der Waals surface area contributed by atoms with E-state index >= 15 is 0 Å². The quantitative estimate of drug-likeness (QED) is 0.421. The van der Waals surface area contributed by atoms with Gasteiger partial charge in [0.05, 0.1) is 11.9 Å². The van der Waals surface area contributed by atoms with Gasteiger partial charge in [0.2, 0.25) is 21.8 Å². The number of sulfonamides is 1. The van der Waals surface area contributed by atoms with E-state index in [9.17, 15) is 18.0 Å². The standard InChI is InChI=1S/C27H39N3O4S/c1-6-7-18-28-27(32)22(4)29(19-17-23-13-9-8-10-14-23)26(31)20-30(35(5,33)34)25-16-12-11-15-24(25)21(2)3/h8-16,21-22H,6-7,17-20H2,1-5H3,(H,28,32)/t22-/m0/s1. The van der Waals surface area contributed by atoms with Crippen molar-refractivity contribution in [3.63, 3.8) is 0 Å². The van der Waals surface area contributed by atoms with Gasteiger partial charge < -0.3 is 10.2 Å². The van der Waals surface area contributed by atoms with Crippen LogP contribution in [0.1, 0.15) is 57.6 Å². The summed E-state index contributed by atoms with van der Waals surface area (Å²) >= 11 is 0. The first-order valence-electron chi connectivity index (χ1n) is 12.2. The number of amides is 2. The van der Waals surface area contributed by atoms with E-state index in [1.54, 1.807) is 19.1 Å². The van der Waals surface area contributed by atoms with E-state index in [1.807, 2.05) is 63.2 Å². The molecule has 0 bridgehead atoms. The van der Waals surface area contributed by atoms with E-state index in [0.717, 1.165) is 34.5 Å². The van der Waals surface area contributed by atoms with Crippen LogP contribution in [0.25, 0.3) is 0 Å². The normalized spacial score (nSPS) is 12.3. The molecule has 0 heterocycles. The number of hydrogen-bond acceptors (Lipinski definition) is 4. The highest BCUT2D eigenvalue weighted by Crippen LogP contribution is 2.29. The maximum Gasteiger partial charge on any atom is 0.244 e. The molecule has 0 aromatic heterocycles. The molecule has 0 fully saturated rings. The summed E-state index contributed by atoms with van der Waals surface area (Å²) < 4.78 is 26.8. The number of anilines is 1. The smallest absolute Gasteiger partial charge is 0.244 e. The van der Waals surface area contributed by atoms with Crippen molar-refractivity contribution >= 4 is 27.5 Å². The summed E-state index contributed by atoms with van der Waals surface area (Å²) in [6, 6.07) is 16.2. The molecule has 35 heavy (non-hydrogen) atoms. The van der Waals surface area contributed by atoms with Crippen LogP contribution in [0.4, 0.5) is 5.69 Å². The molecule has 2 aromatic rings. The minimum atomic E-state index is -3.75. The Kier molecular flexibility index (Phi) is 10.8. The molecular formula is C27H39N3O4S.